The van der Waals surface area contributed by atoms with Crippen LogP contribution < -0.4 is 5.32 Å². The number of hydrogen-bond acceptors (Lipinski definition) is 1. The molecular formula is C10H10ClF2NO. The molecule has 1 aromatic rings. The smallest absolute Gasteiger partial charge is 0.221 e. The molecule has 1 N–H and O–H groups in total. The summed E-state index contributed by atoms with van der Waals surface area (Å²) in [7, 11) is 0. The van der Waals surface area contributed by atoms with Crippen LogP contribution in [0.3, 0.4) is 0 Å². The molecule has 0 saturated carbocycles. The van der Waals surface area contributed by atoms with E-state index in [1.807, 2.05) is 0 Å². The Morgan fingerprint density at radius 3 is 2.67 bits per heavy atom. The van der Waals surface area contributed by atoms with Crippen LogP contribution in [0.4, 0.5) is 8.78 Å². The number of carbonyl (C=O) groups is 1. The Hall–Kier alpha value is -1.16. The van der Waals surface area contributed by atoms with Crippen LogP contribution in [0.5, 0.6) is 0 Å². The summed E-state index contributed by atoms with van der Waals surface area (Å²) in [6.07, 6.45) is 0.214. The lowest BCUT2D eigenvalue weighted by atomic mass is 10.2. The maximum atomic E-state index is 12.7. The maximum absolute atomic E-state index is 12.7. The van der Waals surface area contributed by atoms with Crippen molar-refractivity contribution in [3.8, 4) is 0 Å². The van der Waals surface area contributed by atoms with E-state index in [0.717, 1.165) is 12.1 Å². The van der Waals surface area contributed by atoms with E-state index in [1.165, 1.54) is 6.07 Å². The fraction of sp³-hybridized carbons (Fsp3) is 0.300. The molecule has 0 aromatic heterocycles. The molecule has 1 aromatic carbocycles. The Bertz CT molecular complexity index is 357. The van der Waals surface area contributed by atoms with Crippen molar-refractivity contribution in [1.29, 1.82) is 0 Å². The Morgan fingerprint density at radius 1 is 1.33 bits per heavy atom. The number of nitrogens with one attached hydrogen (secondary N) is 1. The van der Waals surface area contributed by atoms with Gasteiger partial charge < -0.3 is 5.32 Å². The number of hydrogen-bond donors (Lipinski definition) is 1. The molecule has 1 rings (SSSR count). The highest BCUT2D eigenvalue weighted by atomic mass is 35.5. The Morgan fingerprint density at radius 2 is 2.07 bits per heavy atom. The summed E-state index contributed by atoms with van der Waals surface area (Å²) >= 11 is 5.35. The standard InChI is InChI=1S/C10H10ClF2NO/c11-4-3-10(15)14-6-7-1-2-8(12)9(13)5-7/h1-2,5H,3-4,6H2,(H,14,15). The molecule has 0 radical (unpaired) electrons. The van der Waals surface area contributed by atoms with Crippen molar-refractivity contribution >= 4 is 17.5 Å². The van der Waals surface area contributed by atoms with Crippen molar-refractivity contribution in [2.75, 3.05) is 5.88 Å². The summed E-state index contributed by atoms with van der Waals surface area (Å²) in [4.78, 5) is 11.0. The third-order valence-electron chi connectivity index (χ3n) is 1.80. The first-order valence-corrected chi connectivity index (χ1v) is 4.93. The zero-order valence-electron chi connectivity index (χ0n) is 7.90. The van der Waals surface area contributed by atoms with Gasteiger partial charge in [0.2, 0.25) is 5.91 Å². The van der Waals surface area contributed by atoms with Gasteiger partial charge in [0.05, 0.1) is 0 Å². The summed E-state index contributed by atoms with van der Waals surface area (Å²) in [6, 6.07) is 3.49. The van der Waals surface area contributed by atoms with Crippen molar-refractivity contribution in [2.45, 2.75) is 13.0 Å². The predicted molar refractivity (Wildman–Crippen MR) is 53.5 cm³/mol. The molecule has 0 unspecified atom stereocenters. The molecule has 0 heterocycles. The number of carbonyl (C=O) groups excluding carboxylic acids is 1. The van der Waals surface area contributed by atoms with Gasteiger partial charge >= 0.3 is 0 Å². The molecular weight excluding hydrogens is 224 g/mol. The lowest BCUT2D eigenvalue weighted by Crippen LogP contribution is -2.22. The van der Waals surface area contributed by atoms with Crippen LogP contribution in [0, 0.1) is 11.6 Å². The third kappa shape index (κ3) is 3.83. The van der Waals surface area contributed by atoms with Gasteiger partial charge in [0.25, 0.3) is 0 Å². The highest BCUT2D eigenvalue weighted by molar-refractivity contribution is 6.18. The summed E-state index contributed by atoms with van der Waals surface area (Å²) in [5, 5.41) is 2.53. The number of rotatable bonds is 4. The molecule has 0 saturated heterocycles. The molecule has 0 atom stereocenters. The van der Waals surface area contributed by atoms with E-state index in [-0.39, 0.29) is 24.8 Å². The highest BCUT2D eigenvalue weighted by Gasteiger charge is 2.04. The van der Waals surface area contributed by atoms with E-state index in [1.54, 1.807) is 0 Å². The summed E-state index contributed by atoms with van der Waals surface area (Å²) < 4.78 is 25.3. The number of benzene rings is 1. The molecule has 0 bridgehead atoms. The van der Waals surface area contributed by atoms with Crippen LogP contribution in [0.1, 0.15) is 12.0 Å². The van der Waals surface area contributed by atoms with Gasteiger partial charge in [0, 0.05) is 18.8 Å². The second-order valence-electron chi connectivity index (χ2n) is 2.96. The van der Waals surface area contributed by atoms with Gasteiger partial charge in [-0.2, -0.15) is 0 Å². The number of halogens is 3. The normalized spacial score (nSPS) is 10.1. The molecule has 2 nitrogen and oxygen atoms in total. The zero-order chi connectivity index (χ0) is 11.3. The molecule has 0 aliphatic heterocycles. The van der Waals surface area contributed by atoms with Crippen molar-refractivity contribution in [3.63, 3.8) is 0 Å². The van der Waals surface area contributed by atoms with Gasteiger partial charge in [-0.3, -0.25) is 4.79 Å². The Balaban J connectivity index is 2.51. The van der Waals surface area contributed by atoms with Gasteiger partial charge in [-0.1, -0.05) is 6.07 Å². The Kier molecular flexibility index (Phi) is 4.49. The van der Waals surface area contributed by atoms with Crippen LogP contribution in [-0.4, -0.2) is 11.8 Å². The lowest BCUT2D eigenvalue weighted by Gasteiger charge is -2.04. The van der Waals surface area contributed by atoms with Gasteiger partial charge in [-0.25, -0.2) is 8.78 Å². The third-order valence-corrected chi connectivity index (χ3v) is 1.98. The minimum atomic E-state index is -0.918. The Labute approximate surface area is 91.2 Å². The largest absolute Gasteiger partial charge is 0.352 e. The molecule has 0 aliphatic carbocycles. The van der Waals surface area contributed by atoms with E-state index in [4.69, 9.17) is 11.6 Å². The maximum Gasteiger partial charge on any atom is 0.221 e. The minimum absolute atomic E-state index is 0.174. The molecule has 15 heavy (non-hydrogen) atoms. The first kappa shape index (κ1) is 11.9. The van der Waals surface area contributed by atoms with Crippen LogP contribution in [0.15, 0.2) is 18.2 Å². The average Bonchev–Trinajstić information content (AvgIpc) is 2.20. The molecule has 82 valence electrons. The molecule has 0 fully saturated rings. The van der Waals surface area contributed by atoms with E-state index in [9.17, 15) is 13.6 Å². The van der Waals surface area contributed by atoms with Crippen LogP contribution in [-0.2, 0) is 11.3 Å². The van der Waals surface area contributed by atoms with Crippen molar-refractivity contribution < 1.29 is 13.6 Å². The monoisotopic (exact) mass is 233 g/mol. The number of amides is 1. The topological polar surface area (TPSA) is 29.1 Å². The first-order chi connectivity index (χ1) is 7.13. The van der Waals surface area contributed by atoms with E-state index < -0.39 is 11.6 Å². The molecule has 0 aliphatic rings. The average molecular weight is 234 g/mol. The number of alkyl halides is 1. The fourth-order valence-corrected chi connectivity index (χ4v) is 1.20. The highest BCUT2D eigenvalue weighted by Crippen LogP contribution is 2.08. The summed E-state index contributed by atoms with van der Waals surface area (Å²) in [6.45, 7) is 0.174. The fourth-order valence-electron chi connectivity index (χ4n) is 1.02. The molecule has 5 heteroatoms. The van der Waals surface area contributed by atoms with Gasteiger partial charge in [0.1, 0.15) is 0 Å². The zero-order valence-corrected chi connectivity index (χ0v) is 8.65. The molecule has 1 amide bonds. The van der Waals surface area contributed by atoms with Crippen LogP contribution in [0.2, 0.25) is 0 Å². The van der Waals surface area contributed by atoms with Crippen molar-refractivity contribution in [2.24, 2.45) is 0 Å². The second-order valence-corrected chi connectivity index (χ2v) is 3.34. The summed E-state index contributed by atoms with van der Waals surface area (Å²) in [5.41, 5.74) is 0.511. The van der Waals surface area contributed by atoms with Crippen LogP contribution >= 0.6 is 11.6 Å². The predicted octanol–water partition coefficient (Wildman–Crippen LogP) is 2.21. The van der Waals surface area contributed by atoms with E-state index in [0.29, 0.717) is 5.56 Å². The summed E-state index contributed by atoms with van der Waals surface area (Å²) in [5.74, 6) is -1.79. The first-order valence-electron chi connectivity index (χ1n) is 4.40. The van der Waals surface area contributed by atoms with Gasteiger partial charge in [-0.05, 0) is 17.7 Å². The van der Waals surface area contributed by atoms with Crippen molar-refractivity contribution in [3.05, 3.63) is 35.4 Å². The molecule has 0 spiro atoms. The van der Waals surface area contributed by atoms with Crippen LogP contribution in [0.25, 0.3) is 0 Å². The van der Waals surface area contributed by atoms with Crippen molar-refractivity contribution in [1.82, 2.24) is 5.32 Å². The second kappa shape index (κ2) is 5.66. The van der Waals surface area contributed by atoms with Gasteiger partial charge in [-0.15, -0.1) is 11.6 Å². The quantitative estimate of drug-likeness (QED) is 0.794. The minimum Gasteiger partial charge on any atom is -0.352 e. The van der Waals surface area contributed by atoms with Gasteiger partial charge in [0.15, 0.2) is 11.6 Å². The lowest BCUT2D eigenvalue weighted by molar-refractivity contribution is -0.120. The SMILES string of the molecule is O=C(CCCl)NCc1ccc(F)c(F)c1. The van der Waals surface area contributed by atoms with E-state index >= 15 is 0 Å². The van der Waals surface area contributed by atoms with E-state index in [2.05, 4.69) is 5.32 Å².